The third-order valence-corrected chi connectivity index (χ3v) is 3.39. The maximum atomic E-state index is 11.8. The van der Waals surface area contributed by atoms with Crippen LogP contribution in [0.2, 0.25) is 0 Å². The van der Waals surface area contributed by atoms with Crippen LogP contribution in [0.1, 0.15) is 42.6 Å². The normalized spacial score (nSPS) is 18.3. The summed E-state index contributed by atoms with van der Waals surface area (Å²) in [7, 11) is 0. The molecule has 4 heteroatoms. The van der Waals surface area contributed by atoms with Gasteiger partial charge in [0.25, 0.3) is 5.91 Å². The predicted molar refractivity (Wildman–Crippen MR) is 64.2 cm³/mol. The van der Waals surface area contributed by atoms with E-state index in [1.165, 1.54) is 19.3 Å². The van der Waals surface area contributed by atoms with Crippen LogP contribution in [0.25, 0.3) is 0 Å². The van der Waals surface area contributed by atoms with Gasteiger partial charge in [-0.25, -0.2) is 0 Å². The van der Waals surface area contributed by atoms with E-state index in [1.807, 2.05) is 0 Å². The number of nitriles is 1. The van der Waals surface area contributed by atoms with E-state index in [2.05, 4.69) is 16.4 Å². The van der Waals surface area contributed by atoms with Crippen molar-refractivity contribution in [2.75, 3.05) is 0 Å². The average Bonchev–Trinajstić information content (AvgIpc) is 2.90. The molecule has 2 N–H and O–H groups in total. The minimum atomic E-state index is -0.355. The number of hydrogen-bond donors (Lipinski definition) is 2. The number of carbonyl (C=O) groups excluding carboxylic acids is 1. The van der Waals surface area contributed by atoms with Crippen molar-refractivity contribution < 1.29 is 4.79 Å². The second-order valence-corrected chi connectivity index (χ2v) is 4.56. The molecular formula is C13H17N3O. The van der Waals surface area contributed by atoms with Gasteiger partial charge in [0.1, 0.15) is 11.7 Å². The number of hydrogen-bond acceptors (Lipinski definition) is 2. The summed E-state index contributed by atoms with van der Waals surface area (Å²) in [6.45, 7) is 0. The Bertz CT molecular complexity index is 399. The zero-order valence-corrected chi connectivity index (χ0v) is 9.78. The molecule has 0 bridgehead atoms. The molecule has 1 amide bonds. The molecule has 0 saturated heterocycles. The van der Waals surface area contributed by atoms with Gasteiger partial charge in [-0.2, -0.15) is 5.26 Å². The molecule has 1 aromatic rings. The molecule has 1 aromatic heterocycles. The lowest BCUT2D eigenvalue weighted by Gasteiger charge is -2.26. The Morgan fingerprint density at radius 1 is 1.47 bits per heavy atom. The van der Waals surface area contributed by atoms with Crippen molar-refractivity contribution in [3.05, 3.63) is 24.0 Å². The van der Waals surface area contributed by atoms with Gasteiger partial charge in [-0.1, -0.05) is 19.3 Å². The Hall–Kier alpha value is -1.76. The van der Waals surface area contributed by atoms with E-state index < -0.39 is 0 Å². The van der Waals surface area contributed by atoms with Crippen LogP contribution in [0.15, 0.2) is 18.3 Å². The maximum Gasteiger partial charge on any atom is 0.268 e. The molecule has 0 aromatic carbocycles. The van der Waals surface area contributed by atoms with Crippen LogP contribution < -0.4 is 5.32 Å². The van der Waals surface area contributed by atoms with Gasteiger partial charge < -0.3 is 10.3 Å². The summed E-state index contributed by atoms with van der Waals surface area (Å²) in [5.41, 5.74) is 0.515. The van der Waals surface area contributed by atoms with E-state index in [9.17, 15) is 4.79 Å². The second kappa shape index (κ2) is 5.53. The van der Waals surface area contributed by atoms with E-state index in [0.717, 1.165) is 12.8 Å². The van der Waals surface area contributed by atoms with E-state index in [-0.39, 0.29) is 11.9 Å². The molecule has 1 atom stereocenters. The van der Waals surface area contributed by atoms with Crippen molar-refractivity contribution in [2.24, 2.45) is 5.92 Å². The number of aromatic nitrogens is 1. The highest BCUT2D eigenvalue weighted by Crippen LogP contribution is 2.26. The second-order valence-electron chi connectivity index (χ2n) is 4.56. The Kier molecular flexibility index (Phi) is 3.81. The summed E-state index contributed by atoms with van der Waals surface area (Å²) in [4.78, 5) is 14.7. The van der Waals surface area contributed by atoms with Gasteiger partial charge in [0.2, 0.25) is 0 Å². The molecule has 0 radical (unpaired) electrons. The standard InChI is InChI=1S/C13H17N3O/c14-9-12(10-5-2-1-3-6-10)16-13(17)11-7-4-8-15-11/h4,7-8,10,12,15H,1-3,5-6H2,(H,16,17)/t12-/m0/s1. The Labute approximate surface area is 101 Å². The number of nitrogens with one attached hydrogen (secondary N) is 2. The third kappa shape index (κ3) is 2.88. The first-order valence-corrected chi connectivity index (χ1v) is 6.15. The molecule has 1 aliphatic rings. The van der Waals surface area contributed by atoms with Gasteiger partial charge in [-0.3, -0.25) is 4.79 Å². The quantitative estimate of drug-likeness (QED) is 0.837. The lowest BCUT2D eigenvalue weighted by molar-refractivity contribution is 0.0924. The molecule has 0 aliphatic heterocycles. The van der Waals surface area contributed by atoms with E-state index in [4.69, 9.17) is 5.26 Å². The Morgan fingerprint density at radius 3 is 2.82 bits per heavy atom. The van der Waals surface area contributed by atoms with Crippen molar-refractivity contribution in [1.29, 1.82) is 5.26 Å². The van der Waals surface area contributed by atoms with E-state index >= 15 is 0 Å². The van der Waals surface area contributed by atoms with Gasteiger partial charge in [0.15, 0.2) is 0 Å². The largest absolute Gasteiger partial charge is 0.357 e. The first kappa shape index (κ1) is 11.7. The average molecular weight is 231 g/mol. The number of aromatic amines is 1. The molecule has 1 fully saturated rings. The Balaban J connectivity index is 1.95. The van der Waals surface area contributed by atoms with E-state index in [1.54, 1.807) is 18.3 Å². The number of nitrogens with zero attached hydrogens (tertiary/aromatic N) is 1. The minimum absolute atomic E-state index is 0.188. The van der Waals surface area contributed by atoms with Crippen molar-refractivity contribution in [2.45, 2.75) is 38.1 Å². The highest BCUT2D eigenvalue weighted by molar-refractivity contribution is 5.92. The van der Waals surface area contributed by atoms with Gasteiger partial charge >= 0.3 is 0 Å². The molecule has 1 heterocycles. The van der Waals surface area contributed by atoms with Crippen molar-refractivity contribution in [3.8, 4) is 6.07 Å². The molecule has 0 spiro atoms. The fraction of sp³-hybridized carbons (Fsp3) is 0.538. The molecule has 1 saturated carbocycles. The first-order valence-electron chi connectivity index (χ1n) is 6.15. The summed E-state index contributed by atoms with van der Waals surface area (Å²) in [6, 6.07) is 5.35. The van der Waals surface area contributed by atoms with E-state index in [0.29, 0.717) is 11.6 Å². The van der Waals surface area contributed by atoms with Gasteiger partial charge in [0, 0.05) is 6.20 Å². The van der Waals surface area contributed by atoms with Crippen LogP contribution in [-0.2, 0) is 0 Å². The summed E-state index contributed by atoms with van der Waals surface area (Å²) < 4.78 is 0. The van der Waals surface area contributed by atoms with Crippen LogP contribution in [0.5, 0.6) is 0 Å². The molecule has 1 aliphatic carbocycles. The SMILES string of the molecule is N#C[C@H](NC(=O)c1ccc[nH]1)C1CCCCC1. The molecule has 17 heavy (non-hydrogen) atoms. The zero-order valence-electron chi connectivity index (χ0n) is 9.78. The van der Waals surface area contributed by atoms with Gasteiger partial charge in [-0.05, 0) is 30.9 Å². The number of amides is 1. The summed E-state index contributed by atoms with van der Waals surface area (Å²) >= 11 is 0. The number of carbonyl (C=O) groups is 1. The molecule has 2 rings (SSSR count). The molecule has 0 unspecified atom stereocenters. The summed E-state index contributed by atoms with van der Waals surface area (Å²) in [6.07, 6.45) is 7.38. The minimum Gasteiger partial charge on any atom is -0.357 e. The summed E-state index contributed by atoms with van der Waals surface area (Å²) in [5.74, 6) is 0.125. The lowest BCUT2D eigenvalue weighted by Crippen LogP contribution is -2.40. The first-order chi connectivity index (χ1) is 8.31. The maximum absolute atomic E-state index is 11.8. The molecule has 90 valence electrons. The molecule has 4 nitrogen and oxygen atoms in total. The monoisotopic (exact) mass is 231 g/mol. The van der Waals surface area contributed by atoms with Crippen molar-refractivity contribution in [1.82, 2.24) is 10.3 Å². The topological polar surface area (TPSA) is 68.7 Å². The summed E-state index contributed by atoms with van der Waals surface area (Å²) in [5, 5.41) is 12.0. The predicted octanol–water partition coefficient (Wildman–Crippen LogP) is 2.22. The fourth-order valence-corrected chi connectivity index (χ4v) is 2.41. The van der Waals surface area contributed by atoms with Crippen molar-refractivity contribution in [3.63, 3.8) is 0 Å². The number of rotatable bonds is 3. The van der Waals surface area contributed by atoms with Crippen LogP contribution in [0, 0.1) is 17.2 Å². The third-order valence-electron chi connectivity index (χ3n) is 3.39. The van der Waals surface area contributed by atoms with Crippen LogP contribution in [0.3, 0.4) is 0 Å². The smallest absolute Gasteiger partial charge is 0.268 e. The highest BCUT2D eigenvalue weighted by Gasteiger charge is 2.25. The lowest BCUT2D eigenvalue weighted by atomic mass is 9.84. The van der Waals surface area contributed by atoms with Crippen LogP contribution >= 0.6 is 0 Å². The van der Waals surface area contributed by atoms with Gasteiger partial charge in [0.05, 0.1) is 6.07 Å². The molecular weight excluding hydrogens is 214 g/mol. The van der Waals surface area contributed by atoms with Crippen molar-refractivity contribution >= 4 is 5.91 Å². The highest BCUT2D eigenvalue weighted by atomic mass is 16.1. The fourth-order valence-electron chi connectivity index (χ4n) is 2.41. The van der Waals surface area contributed by atoms with Crippen LogP contribution in [-0.4, -0.2) is 16.9 Å². The number of H-pyrrole nitrogens is 1. The zero-order chi connectivity index (χ0) is 12.1. The Morgan fingerprint density at radius 2 is 2.24 bits per heavy atom. The van der Waals surface area contributed by atoms with Crippen LogP contribution in [0.4, 0.5) is 0 Å². The van der Waals surface area contributed by atoms with Gasteiger partial charge in [-0.15, -0.1) is 0 Å².